The SMILES string of the molecule is CO[Si](CCI)(CCI)OC. The maximum Gasteiger partial charge on any atom is 0.339 e. The molecule has 0 aliphatic rings. The van der Waals surface area contributed by atoms with Crippen molar-refractivity contribution in [3.63, 3.8) is 0 Å². The van der Waals surface area contributed by atoms with Crippen LogP contribution in [-0.4, -0.2) is 31.6 Å². The molecule has 0 saturated carbocycles. The fraction of sp³-hybridized carbons (Fsp3) is 1.00. The van der Waals surface area contributed by atoms with E-state index in [1.165, 1.54) is 0 Å². The minimum atomic E-state index is -1.76. The van der Waals surface area contributed by atoms with Crippen LogP contribution in [0.3, 0.4) is 0 Å². The second-order valence-electron chi connectivity index (χ2n) is 2.20. The molecule has 5 heteroatoms. The highest BCUT2D eigenvalue weighted by Gasteiger charge is 2.33. The molecule has 0 aliphatic heterocycles. The van der Waals surface area contributed by atoms with Crippen LogP contribution in [0.1, 0.15) is 0 Å². The van der Waals surface area contributed by atoms with E-state index in [2.05, 4.69) is 45.2 Å². The Morgan fingerprint density at radius 3 is 1.55 bits per heavy atom. The van der Waals surface area contributed by atoms with Crippen LogP contribution in [0.4, 0.5) is 0 Å². The molecule has 0 amide bonds. The van der Waals surface area contributed by atoms with Gasteiger partial charge in [0, 0.05) is 35.2 Å². The third-order valence-corrected chi connectivity index (χ3v) is 8.32. The Bertz CT molecular complexity index is 90.6. The third kappa shape index (κ3) is 4.39. The molecule has 0 rings (SSSR count). The maximum absolute atomic E-state index is 5.47. The third-order valence-electron chi connectivity index (χ3n) is 1.69. The quantitative estimate of drug-likeness (QED) is 0.388. The standard InChI is InChI=1S/C6H14I2O2Si/c1-9-11(10-2,5-3-7)6-4-8/h3-6H2,1-2H3. The van der Waals surface area contributed by atoms with Gasteiger partial charge in [-0.05, 0) is 0 Å². The van der Waals surface area contributed by atoms with Crippen LogP contribution >= 0.6 is 45.2 Å². The summed E-state index contributed by atoms with van der Waals surface area (Å²) in [5.74, 6) is 0. The summed E-state index contributed by atoms with van der Waals surface area (Å²) in [6, 6.07) is 2.20. The van der Waals surface area contributed by atoms with Gasteiger partial charge in [-0.15, -0.1) is 0 Å². The molecule has 0 bridgehead atoms. The molecular formula is C6H14I2O2Si. The summed E-state index contributed by atoms with van der Waals surface area (Å²) in [5, 5.41) is 0. The molecule has 0 fully saturated rings. The Morgan fingerprint density at radius 2 is 1.36 bits per heavy atom. The van der Waals surface area contributed by atoms with Crippen molar-refractivity contribution >= 4 is 53.7 Å². The summed E-state index contributed by atoms with van der Waals surface area (Å²) in [5.41, 5.74) is 0. The van der Waals surface area contributed by atoms with Gasteiger partial charge in [0.15, 0.2) is 0 Å². The van der Waals surface area contributed by atoms with Crippen LogP contribution in [0.25, 0.3) is 0 Å². The number of rotatable bonds is 6. The lowest BCUT2D eigenvalue weighted by molar-refractivity contribution is 0.245. The largest absolute Gasteiger partial charge is 0.398 e. The molecule has 68 valence electrons. The van der Waals surface area contributed by atoms with Crippen molar-refractivity contribution in [2.24, 2.45) is 0 Å². The van der Waals surface area contributed by atoms with Gasteiger partial charge >= 0.3 is 8.56 Å². The highest BCUT2D eigenvalue weighted by atomic mass is 127. The average molecular weight is 400 g/mol. The molecule has 2 nitrogen and oxygen atoms in total. The molecule has 0 atom stereocenters. The van der Waals surface area contributed by atoms with Crippen LogP contribution in [0.2, 0.25) is 12.1 Å². The van der Waals surface area contributed by atoms with Crippen molar-refractivity contribution in [2.45, 2.75) is 12.1 Å². The van der Waals surface area contributed by atoms with E-state index in [1.807, 2.05) is 0 Å². The van der Waals surface area contributed by atoms with Crippen LogP contribution in [0.15, 0.2) is 0 Å². The van der Waals surface area contributed by atoms with Crippen LogP contribution in [0, 0.1) is 0 Å². The van der Waals surface area contributed by atoms with Gasteiger partial charge in [0.05, 0.1) is 0 Å². The van der Waals surface area contributed by atoms with Crippen molar-refractivity contribution in [2.75, 3.05) is 23.1 Å². The van der Waals surface area contributed by atoms with Crippen molar-refractivity contribution in [1.29, 1.82) is 0 Å². The van der Waals surface area contributed by atoms with Gasteiger partial charge in [0.25, 0.3) is 0 Å². The molecular weight excluding hydrogens is 386 g/mol. The zero-order chi connectivity index (χ0) is 8.74. The van der Waals surface area contributed by atoms with Crippen LogP contribution in [-0.2, 0) is 8.85 Å². The molecule has 0 aliphatic carbocycles. The highest BCUT2D eigenvalue weighted by Crippen LogP contribution is 2.19. The summed E-state index contributed by atoms with van der Waals surface area (Å²) in [6.45, 7) is 0. The summed E-state index contributed by atoms with van der Waals surface area (Å²) >= 11 is 4.74. The summed E-state index contributed by atoms with van der Waals surface area (Å²) in [7, 11) is 1.79. The van der Waals surface area contributed by atoms with Gasteiger partial charge in [0.1, 0.15) is 0 Å². The molecule has 0 heterocycles. The Balaban J connectivity index is 3.96. The minimum Gasteiger partial charge on any atom is -0.398 e. The lowest BCUT2D eigenvalue weighted by Gasteiger charge is -2.25. The second kappa shape index (κ2) is 7.04. The van der Waals surface area contributed by atoms with E-state index < -0.39 is 8.56 Å². The summed E-state index contributed by atoms with van der Waals surface area (Å²) in [4.78, 5) is 0. The molecule has 0 saturated heterocycles. The first-order valence-electron chi connectivity index (χ1n) is 3.47. The second-order valence-corrected chi connectivity index (χ2v) is 7.99. The van der Waals surface area contributed by atoms with Crippen molar-refractivity contribution < 1.29 is 8.85 Å². The van der Waals surface area contributed by atoms with Crippen molar-refractivity contribution in [1.82, 2.24) is 0 Å². The Hall–Kier alpha value is 1.60. The van der Waals surface area contributed by atoms with Gasteiger partial charge in [-0.3, -0.25) is 0 Å². The monoisotopic (exact) mass is 400 g/mol. The van der Waals surface area contributed by atoms with E-state index in [-0.39, 0.29) is 0 Å². The normalized spacial score (nSPS) is 12.0. The molecule has 0 spiro atoms. The zero-order valence-electron chi connectivity index (χ0n) is 6.90. The number of halogens is 2. The van der Waals surface area contributed by atoms with Gasteiger partial charge in [-0.25, -0.2) is 0 Å². The number of alkyl halides is 2. The minimum absolute atomic E-state index is 1.10. The first-order chi connectivity index (χ1) is 5.24. The highest BCUT2D eigenvalue weighted by molar-refractivity contribution is 14.1. The predicted molar refractivity (Wildman–Crippen MR) is 67.2 cm³/mol. The lowest BCUT2D eigenvalue weighted by Crippen LogP contribution is -2.40. The average Bonchev–Trinajstić information content (AvgIpc) is 2.04. The molecule has 0 aromatic rings. The summed E-state index contributed by atoms with van der Waals surface area (Å²) in [6.07, 6.45) is 0. The van der Waals surface area contributed by atoms with E-state index in [0.717, 1.165) is 20.9 Å². The molecule has 0 unspecified atom stereocenters. The van der Waals surface area contributed by atoms with E-state index in [9.17, 15) is 0 Å². The Morgan fingerprint density at radius 1 is 1.00 bits per heavy atom. The fourth-order valence-corrected chi connectivity index (χ4v) is 7.64. The van der Waals surface area contributed by atoms with E-state index in [4.69, 9.17) is 8.85 Å². The van der Waals surface area contributed by atoms with Crippen molar-refractivity contribution in [3.05, 3.63) is 0 Å². The smallest absolute Gasteiger partial charge is 0.339 e. The molecule has 0 N–H and O–H groups in total. The van der Waals surface area contributed by atoms with Crippen molar-refractivity contribution in [3.8, 4) is 0 Å². The van der Waals surface area contributed by atoms with Crippen LogP contribution in [0.5, 0.6) is 0 Å². The van der Waals surface area contributed by atoms with E-state index in [1.54, 1.807) is 14.2 Å². The predicted octanol–water partition coefficient (Wildman–Crippen LogP) is 2.59. The van der Waals surface area contributed by atoms with Gasteiger partial charge in [-0.1, -0.05) is 45.2 Å². The number of hydrogen-bond donors (Lipinski definition) is 0. The first-order valence-corrected chi connectivity index (χ1v) is 8.75. The zero-order valence-corrected chi connectivity index (χ0v) is 12.2. The van der Waals surface area contributed by atoms with Gasteiger partial charge in [-0.2, -0.15) is 0 Å². The Labute approximate surface area is 96.9 Å². The molecule has 0 aromatic heterocycles. The maximum atomic E-state index is 5.47. The molecule has 0 radical (unpaired) electrons. The molecule has 11 heavy (non-hydrogen) atoms. The fourth-order valence-electron chi connectivity index (χ4n) is 0.905. The van der Waals surface area contributed by atoms with E-state index >= 15 is 0 Å². The van der Waals surface area contributed by atoms with E-state index in [0.29, 0.717) is 0 Å². The lowest BCUT2D eigenvalue weighted by atomic mass is 10.9. The first kappa shape index (κ1) is 12.6. The summed E-state index contributed by atoms with van der Waals surface area (Å²) < 4.78 is 13.2. The molecule has 0 aromatic carbocycles. The topological polar surface area (TPSA) is 18.5 Å². The number of hydrogen-bond acceptors (Lipinski definition) is 2. The van der Waals surface area contributed by atoms with Gasteiger partial charge in [0.2, 0.25) is 0 Å². The van der Waals surface area contributed by atoms with Crippen LogP contribution < -0.4 is 0 Å². The Kier molecular flexibility index (Phi) is 8.07. The van der Waals surface area contributed by atoms with Gasteiger partial charge < -0.3 is 8.85 Å².